The minimum absolute atomic E-state index is 0.332. The molecule has 0 aliphatic heterocycles. The van der Waals surface area contributed by atoms with E-state index in [4.69, 9.17) is 0 Å². The molecule has 5 heteroatoms. The van der Waals surface area contributed by atoms with Gasteiger partial charge in [0.2, 0.25) is 0 Å². The van der Waals surface area contributed by atoms with Crippen LogP contribution in [0.5, 0.6) is 0 Å². The molecule has 20 heavy (non-hydrogen) atoms. The van der Waals surface area contributed by atoms with E-state index < -0.39 is 15.9 Å². The summed E-state index contributed by atoms with van der Waals surface area (Å²) in [7, 11) is -3.31. The summed E-state index contributed by atoms with van der Waals surface area (Å²) in [5.41, 5.74) is 2.68. The molecular weight excluding hydrogens is 292 g/mol. The summed E-state index contributed by atoms with van der Waals surface area (Å²) in [6, 6.07) is 9.80. The highest BCUT2D eigenvalue weighted by Crippen LogP contribution is 2.46. The van der Waals surface area contributed by atoms with Gasteiger partial charge < -0.3 is 5.11 Å². The maximum atomic E-state index is 12.0. The molecule has 1 aliphatic carbocycles. The molecular formula is C15H16O3S2. The van der Waals surface area contributed by atoms with Crippen LogP contribution in [0.4, 0.5) is 0 Å². The average Bonchev–Trinajstić information content (AvgIpc) is 2.81. The zero-order valence-electron chi connectivity index (χ0n) is 11.2. The summed E-state index contributed by atoms with van der Waals surface area (Å²) < 4.78 is 24.3. The van der Waals surface area contributed by atoms with E-state index in [2.05, 4.69) is 0 Å². The van der Waals surface area contributed by atoms with Gasteiger partial charge in [-0.2, -0.15) is 0 Å². The van der Waals surface area contributed by atoms with Gasteiger partial charge in [0.1, 0.15) is 4.21 Å². The number of hydrogen-bond donors (Lipinski definition) is 1. The van der Waals surface area contributed by atoms with Gasteiger partial charge in [-0.25, -0.2) is 8.42 Å². The van der Waals surface area contributed by atoms with Crippen molar-refractivity contribution in [2.24, 2.45) is 0 Å². The summed E-state index contributed by atoms with van der Waals surface area (Å²) in [6.07, 6.45) is 2.93. The molecule has 1 aromatic heterocycles. The first kappa shape index (κ1) is 13.8. The van der Waals surface area contributed by atoms with Crippen molar-refractivity contribution in [3.05, 3.63) is 41.5 Å². The van der Waals surface area contributed by atoms with E-state index in [9.17, 15) is 13.5 Å². The van der Waals surface area contributed by atoms with Gasteiger partial charge in [-0.1, -0.05) is 30.3 Å². The maximum absolute atomic E-state index is 12.0. The Balaban J connectivity index is 2.28. The SMILES string of the molecule is CS(=O)(=O)c1sc(-c2ccccc2)c2c1[C@H](O)CCC2. The molecule has 0 bridgehead atoms. The third-order valence-corrected chi connectivity index (χ3v) is 6.77. The van der Waals surface area contributed by atoms with E-state index in [1.54, 1.807) is 0 Å². The van der Waals surface area contributed by atoms with Crippen LogP contribution in [0.2, 0.25) is 0 Å². The van der Waals surface area contributed by atoms with Gasteiger partial charge in [0.05, 0.1) is 6.10 Å². The Kier molecular flexibility index (Phi) is 3.44. The molecule has 1 heterocycles. The van der Waals surface area contributed by atoms with Crippen LogP contribution in [0.3, 0.4) is 0 Å². The summed E-state index contributed by atoms with van der Waals surface area (Å²) >= 11 is 1.29. The highest BCUT2D eigenvalue weighted by Gasteiger charge is 2.31. The van der Waals surface area contributed by atoms with Crippen molar-refractivity contribution in [1.82, 2.24) is 0 Å². The maximum Gasteiger partial charge on any atom is 0.185 e. The van der Waals surface area contributed by atoms with Gasteiger partial charge in [0.25, 0.3) is 0 Å². The van der Waals surface area contributed by atoms with Crippen molar-refractivity contribution in [3.8, 4) is 10.4 Å². The topological polar surface area (TPSA) is 54.4 Å². The number of benzene rings is 1. The Morgan fingerprint density at radius 3 is 2.60 bits per heavy atom. The second-order valence-corrected chi connectivity index (χ2v) is 8.39. The summed E-state index contributed by atoms with van der Waals surface area (Å²) in [6.45, 7) is 0. The van der Waals surface area contributed by atoms with E-state index in [0.717, 1.165) is 28.8 Å². The largest absolute Gasteiger partial charge is 0.388 e. The van der Waals surface area contributed by atoms with Crippen molar-refractivity contribution in [2.45, 2.75) is 29.6 Å². The smallest absolute Gasteiger partial charge is 0.185 e. The zero-order valence-corrected chi connectivity index (χ0v) is 12.8. The first-order valence-corrected chi connectivity index (χ1v) is 9.28. The molecule has 3 rings (SSSR count). The monoisotopic (exact) mass is 308 g/mol. The Labute approximate surface area is 122 Å². The van der Waals surface area contributed by atoms with E-state index in [0.29, 0.717) is 16.2 Å². The molecule has 1 aliphatic rings. The van der Waals surface area contributed by atoms with Crippen LogP contribution < -0.4 is 0 Å². The molecule has 0 saturated heterocycles. The highest BCUT2D eigenvalue weighted by molar-refractivity contribution is 7.92. The fourth-order valence-electron chi connectivity index (χ4n) is 2.75. The molecule has 0 amide bonds. The highest BCUT2D eigenvalue weighted by atomic mass is 32.2. The van der Waals surface area contributed by atoms with Crippen molar-refractivity contribution < 1.29 is 13.5 Å². The van der Waals surface area contributed by atoms with E-state index in [1.165, 1.54) is 17.6 Å². The van der Waals surface area contributed by atoms with Gasteiger partial charge in [-0.05, 0) is 30.4 Å². The molecule has 0 fully saturated rings. The normalized spacial score (nSPS) is 18.8. The Bertz CT molecular complexity index is 730. The fraction of sp³-hybridized carbons (Fsp3) is 0.333. The fourth-order valence-corrected chi connectivity index (χ4v) is 5.41. The minimum Gasteiger partial charge on any atom is -0.388 e. The van der Waals surface area contributed by atoms with Crippen LogP contribution in [0, 0.1) is 0 Å². The molecule has 0 spiro atoms. The van der Waals surface area contributed by atoms with E-state index in [1.807, 2.05) is 30.3 Å². The molecule has 2 aromatic rings. The molecule has 0 unspecified atom stereocenters. The van der Waals surface area contributed by atoms with E-state index in [-0.39, 0.29) is 0 Å². The number of sulfone groups is 1. The molecule has 0 saturated carbocycles. The van der Waals surface area contributed by atoms with Crippen LogP contribution in [0.15, 0.2) is 34.5 Å². The second kappa shape index (κ2) is 4.98. The van der Waals surface area contributed by atoms with Gasteiger partial charge in [0, 0.05) is 16.7 Å². The average molecular weight is 308 g/mol. The van der Waals surface area contributed by atoms with Gasteiger partial charge in [0.15, 0.2) is 9.84 Å². The lowest BCUT2D eigenvalue weighted by Gasteiger charge is -2.19. The Morgan fingerprint density at radius 2 is 1.95 bits per heavy atom. The standard InChI is InChI=1S/C15H16O3S2/c1-20(17,18)15-13-11(8-5-9-12(13)16)14(19-15)10-6-3-2-4-7-10/h2-4,6-7,12,16H,5,8-9H2,1H3/t12-/m1/s1. The third-order valence-electron chi connectivity index (χ3n) is 3.62. The van der Waals surface area contributed by atoms with Gasteiger partial charge >= 0.3 is 0 Å². The van der Waals surface area contributed by atoms with Crippen LogP contribution in [0.1, 0.15) is 30.1 Å². The predicted molar refractivity (Wildman–Crippen MR) is 80.8 cm³/mol. The molecule has 1 aromatic carbocycles. The van der Waals surface area contributed by atoms with Crippen LogP contribution >= 0.6 is 11.3 Å². The van der Waals surface area contributed by atoms with Gasteiger partial charge in [-0.15, -0.1) is 11.3 Å². The number of fused-ring (bicyclic) bond motifs is 1. The molecule has 0 radical (unpaired) electrons. The first-order valence-electron chi connectivity index (χ1n) is 6.57. The quantitative estimate of drug-likeness (QED) is 0.927. The van der Waals surface area contributed by atoms with Crippen molar-refractivity contribution in [2.75, 3.05) is 6.26 Å². The van der Waals surface area contributed by atoms with Crippen molar-refractivity contribution >= 4 is 21.2 Å². The number of rotatable bonds is 2. The van der Waals surface area contributed by atoms with Crippen LogP contribution in [0.25, 0.3) is 10.4 Å². The predicted octanol–water partition coefficient (Wildman–Crippen LogP) is 3.19. The lowest BCUT2D eigenvalue weighted by molar-refractivity contribution is 0.154. The zero-order chi connectivity index (χ0) is 14.3. The lowest BCUT2D eigenvalue weighted by Crippen LogP contribution is -2.11. The summed E-state index contributed by atoms with van der Waals surface area (Å²) in [5, 5.41) is 10.2. The molecule has 1 atom stereocenters. The van der Waals surface area contributed by atoms with Gasteiger partial charge in [-0.3, -0.25) is 0 Å². The number of hydrogen-bond acceptors (Lipinski definition) is 4. The second-order valence-electron chi connectivity index (χ2n) is 5.16. The number of aliphatic hydroxyl groups excluding tert-OH is 1. The van der Waals surface area contributed by atoms with Crippen molar-refractivity contribution in [3.63, 3.8) is 0 Å². The molecule has 3 nitrogen and oxygen atoms in total. The van der Waals surface area contributed by atoms with E-state index >= 15 is 0 Å². The lowest BCUT2D eigenvalue weighted by atomic mass is 9.90. The van der Waals surface area contributed by atoms with Crippen molar-refractivity contribution in [1.29, 1.82) is 0 Å². The minimum atomic E-state index is -3.31. The van der Waals surface area contributed by atoms with Crippen LogP contribution in [-0.2, 0) is 16.3 Å². The first-order chi connectivity index (χ1) is 9.48. The summed E-state index contributed by atoms with van der Waals surface area (Å²) in [5.74, 6) is 0. The number of thiophene rings is 1. The third kappa shape index (κ3) is 2.30. The Hall–Kier alpha value is -1.17. The van der Waals surface area contributed by atoms with Crippen LogP contribution in [-0.4, -0.2) is 19.8 Å². The number of aliphatic hydroxyl groups is 1. The molecule has 1 N–H and O–H groups in total. The summed E-state index contributed by atoms with van der Waals surface area (Å²) in [4.78, 5) is 0.986. The molecule has 106 valence electrons. The Morgan fingerprint density at radius 1 is 1.25 bits per heavy atom.